The van der Waals surface area contributed by atoms with Gasteiger partial charge in [-0.15, -0.1) is 0 Å². The van der Waals surface area contributed by atoms with Crippen molar-refractivity contribution >= 4 is 23.2 Å². The van der Waals surface area contributed by atoms with Crippen LogP contribution >= 0.6 is 0 Å². The summed E-state index contributed by atoms with van der Waals surface area (Å²) in [5, 5.41) is 2.65. The van der Waals surface area contributed by atoms with Gasteiger partial charge >= 0.3 is 6.18 Å². The van der Waals surface area contributed by atoms with Gasteiger partial charge in [-0.3, -0.25) is 14.5 Å². The maximum atomic E-state index is 13.2. The second-order valence-electron chi connectivity index (χ2n) is 7.33. The summed E-state index contributed by atoms with van der Waals surface area (Å²) in [5.41, 5.74) is 5.18. The van der Waals surface area contributed by atoms with Gasteiger partial charge in [-0.2, -0.15) is 13.2 Å². The first kappa shape index (κ1) is 21.4. The van der Waals surface area contributed by atoms with Gasteiger partial charge in [0.05, 0.1) is 36.7 Å². The molecule has 0 aromatic heterocycles. The number of nitrogens with zero attached hydrogens (tertiary/aromatic N) is 2. The van der Waals surface area contributed by atoms with Gasteiger partial charge in [0.1, 0.15) is 0 Å². The van der Waals surface area contributed by atoms with Crippen LogP contribution in [-0.4, -0.2) is 62.7 Å². The number of alkyl halides is 3. The molecular weight excluding hydrogens is 389 g/mol. The molecule has 2 aliphatic rings. The molecule has 0 atom stereocenters. The minimum absolute atomic E-state index is 0.0459. The van der Waals surface area contributed by atoms with Crippen LogP contribution in [0, 0.1) is 5.92 Å². The number of ether oxygens (including phenoxy) is 1. The molecular formula is C19H25F3N4O3. The molecule has 160 valence electrons. The zero-order chi connectivity index (χ0) is 21.0. The minimum Gasteiger partial charge on any atom is -0.378 e. The summed E-state index contributed by atoms with van der Waals surface area (Å²) in [7, 11) is 0. The molecule has 0 aliphatic carbocycles. The van der Waals surface area contributed by atoms with E-state index in [1.807, 2.05) is 9.80 Å². The third-order valence-electron chi connectivity index (χ3n) is 5.31. The molecule has 0 saturated carbocycles. The lowest BCUT2D eigenvalue weighted by Crippen LogP contribution is -2.42. The van der Waals surface area contributed by atoms with Crippen molar-refractivity contribution in [2.75, 3.05) is 56.2 Å². The summed E-state index contributed by atoms with van der Waals surface area (Å²) in [4.78, 5) is 27.5. The van der Waals surface area contributed by atoms with Crippen molar-refractivity contribution in [3.8, 4) is 0 Å². The van der Waals surface area contributed by atoms with Crippen LogP contribution in [0.2, 0.25) is 0 Å². The molecule has 2 heterocycles. The van der Waals surface area contributed by atoms with Crippen molar-refractivity contribution in [3.63, 3.8) is 0 Å². The molecule has 1 aromatic rings. The highest BCUT2D eigenvalue weighted by Gasteiger charge is 2.32. The highest BCUT2D eigenvalue weighted by atomic mass is 19.4. The second kappa shape index (κ2) is 9.00. The normalized spacial score (nSPS) is 19.2. The molecule has 2 saturated heterocycles. The maximum absolute atomic E-state index is 13.2. The van der Waals surface area contributed by atoms with E-state index in [1.54, 1.807) is 0 Å². The van der Waals surface area contributed by atoms with E-state index >= 15 is 0 Å². The van der Waals surface area contributed by atoms with Crippen LogP contribution in [0.15, 0.2) is 18.2 Å². The van der Waals surface area contributed by atoms with E-state index in [2.05, 4.69) is 5.32 Å². The van der Waals surface area contributed by atoms with Crippen molar-refractivity contribution < 1.29 is 27.5 Å². The quantitative estimate of drug-likeness (QED) is 0.766. The highest BCUT2D eigenvalue weighted by molar-refractivity contribution is 5.96. The molecule has 0 bridgehead atoms. The third-order valence-corrected chi connectivity index (χ3v) is 5.31. The van der Waals surface area contributed by atoms with Gasteiger partial charge in [0, 0.05) is 19.0 Å². The number of benzene rings is 1. The number of anilines is 2. The van der Waals surface area contributed by atoms with Crippen LogP contribution in [-0.2, 0) is 20.5 Å². The van der Waals surface area contributed by atoms with Gasteiger partial charge in [-0.25, -0.2) is 0 Å². The van der Waals surface area contributed by atoms with Gasteiger partial charge in [0.15, 0.2) is 0 Å². The van der Waals surface area contributed by atoms with E-state index in [0.29, 0.717) is 57.9 Å². The van der Waals surface area contributed by atoms with Crippen LogP contribution in [0.5, 0.6) is 0 Å². The molecule has 10 heteroatoms. The number of primary amides is 1. The number of amides is 2. The van der Waals surface area contributed by atoms with Gasteiger partial charge in [-0.05, 0) is 44.1 Å². The summed E-state index contributed by atoms with van der Waals surface area (Å²) in [5.74, 6) is -0.921. The Kier molecular flexibility index (Phi) is 6.63. The standard InChI is InChI=1S/C19H25F3N4O3/c20-19(21,22)14-1-2-16(26-7-9-29-10-8-26)15(11-14)24-17(27)12-25-5-3-13(4-6-25)18(23)28/h1-2,11,13H,3-10,12H2,(H2,23,28)(H,24,27). The van der Waals surface area contributed by atoms with Crippen LogP contribution in [0.25, 0.3) is 0 Å². The molecule has 0 spiro atoms. The van der Waals surface area contributed by atoms with Crippen molar-refractivity contribution in [2.45, 2.75) is 19.0 Å². The molecule has 29 heavy (non-hydrogen) atoms. The number of carbonyl (C=O) groups is 2. The molecule has 7 nitrogen and oxygen atoms in total. The van der Waals surface area contributed by atoms with E-state index in [-0.39, 0.29) is 24.1 Å². The molecule has 3 rings (SSSR count). The number of nitrogens with one attached hydrogen (secondary N) is 1. The molecule has 1 aromatic carbocycles. The van der Waals surface area contributed by atoms with E-state index < -0.39 is 17.6 Å². The van der Waals surface area contributed by atoms with Crippen LogP contribution in [0.3, 0.4) is 0 Å². The average molecular weight is 414 g/mol. The fourth-order valence-electron chi connectivity index (χ4n) is 3.66. The Balaban J connectivity index is 1.70. The number of halogens is 3. The first-order valence-electron chi connectivity index (χ1n) is 9.59. The Morgan fingerprint density at radius 3 is 2.38 bits per heavy atom. The van der Waals surface area contributed by atoms with Gasteiger partial charge in [-0.1, -0.05) is 0 Å². The molecule has 0 radical (unpaired) electrons. The fraction of sp³-hybridized carbons (Fsp3) is 0.579. The number of morpholine rings is 1. The van der Waals surface area contributed by atoms with E-state index in [9.17, 15) is 22.8 Å². The SMILES string of the molecule is NC(=O)C1CCN(CC(=O)Nc2cc(C(F)(F)F)ccc2N2CCOCC2)CC1. The first-order chi connectivity index (χ1) is 13.7. The van der Waals surface area contributed by atoms with Crippen molar-refractivity contribution in [3.05, 3.63) is 23.8 Å². The molecule has 2 aliphatic heterocycles. The predicted octanol–water partition coefficient (Wildman–Crippen LogP) is 1.68. The Morgan fingerprint density at radius 1 is 1.14 bits per heavy atom. The van der Waals surface area contributed by atoms with Crippen LogP contribution in [0.4, 0.5) is 24.5 Å². The van der Waals surface area contributed by atoms with Gasteiger partial charge < -0.3 is 20.7 Å². The van der Waals surface area contributed by atoms with Crippen molar-refractivity contribution in [2.24, 2.45) is 11.7 Å². The van der Waals surface area contributed by atoms with E-state index in [0.717, 1.165) is 12.1 Å². The summed E-state index contributed by atoms with van der Waals surface area (Å²) < 4.78 is 44.8. The number of hydrogen-bond donors (Lipinski definition) is 2. The topological polar surface area (TPSA) is 87.9 Å². The number of carbonyl (C=O) groups excluding carboxylic acids is 2. The Morgan fingerprint density at radius 2 is 1.79 bits per heavy atom. The minimum atomic E-state index is -4.50. The maximum Gasteiger partial charge on any atom is 0.416 e. The summed E-state index contributed by atoms with van der Waals surface area (Å²) in [6.45, 7) is 3.15. The average Bonchev–Trinajstić information content (AvgIpc) is 2.68. The van der Waals surface area contributed by atoms with Crippen LogP contribution < -0.4 is 16.0 Å². The Bertz CT molecular complexity index is 743. The molecule has 2 fully saturated rings. The fourth-order valence-corrected chi connectivity index (χ4v) is 3.66. The monoisotopic (exact) mass is 414 g/mol. The Hall–Kier alpha value is -2.33. The highest BCUT2D eigenvalue weighted by Crippen LogP contribution is 2.35. The van der Waals surface area contributed by atoms with Crippen LogP contribution in [0.1, 0.15) is 18.4 Å². The van der Waals surface area contributed by atoms with Gasteiger partial charge in [0.25, 0.3) is 0 Å². The van der Waals surface area contributed by atoms with Crippen molar-refractivity contribution in [1.82, 2.24) is 4.90 Å². The predicted molar refractivity (Wildman–Crippen MR) is 101 cm³/mol. The molecule has 3 N–H and O–H groups in total. The van der Waals surface area contributed by atoms with Crippen molar-refractivity contribution in [1.29, 1.82) is 0 Å². The number of rotatable bonds is 5. The zero-order valence-corrected chi connectivity index (χ0v) is 16.0. The zero-order valence-electron chi connectivity index (χ0n) is 16.0. The van der Waals surface area contributed by atoms with E-state index in [1.165, 1.54) is 6.07 Å². The summed E-state index contributed by atoms with van der Waals surface area (Å²) in [6.07, 6.45) is -3.35. The lowest BCUT2D eigenvalue weighted by molar-refractivity contribution is -0.137. The molecule has 0 unspecified atom stereocenters. The number of hydrogen-bond acceptors (Lipinski definition) is 5. The van der Waals surface area contributed by atoms with E-state index in [4.69, 9.17) is 10.5 Å². The molecule has 2 amide bonds. The third kappa shape index (κ3) is 5.60. The number of nitrogens with two attached hydrogens (primary N) is 1. The number of likely N-dealkylation sites (tertiary alicyclic amines) is 1. The number of piperidine rings is 1. The smallest absolute Gasteiger partial charge is 0.378 e. The lowest BCUT2D eigenvalue weighted by atomic mass is 9.96. The van der Waals surface area contributed by atoms with Gasteiger partial charge in [0.2, 0.25) is 11.8 Å². The first-order valence-corrected chi connectivity index (χ1v) is 9.59. The lowest BCUT2D eigenvalue weighted by Gasteiger charge is -2.32. The summed E-state index contributed by atoms with van der Waals surface area (Å²) >= 11 is 0. The Labute approximate surface area is 167 Å². The largest absolute Gasteiger partial charge is 0.416 e. The summed E-state index contributed by atoms with van der Waals surface area (Å²) in [6, 6.07) is 3.39. The second-order valence-corrected chi connectivity index (χ2v) is 7.33.